The molecule has 0 bridgehead atoms. The van der Waals surface area contributed by atoms with Crippen molar-refractivity contribution >= 4 is 17.5 Å². The fraction of sp³-hybridized carbons (Fsp3) is 0.500. The van der Waals surface area contributed by atoms with Crippen molar-refractivity contribution < 1.29 is 33.6 Å². The summed E-state index contributed by atoms with van der Waals surface area (Å²) in [5.74, 6) is -1.05. The summed E-state index contributed by atoms with van der Waals surface area (Å²) >= 11 is 0. The van der Waals surface area contributed by atoms with Crippen molar-refractivity contribution in [3.8, 4) is 5.69 Å². The number of likely N-dealkylation sites (tertiary alicyclic amines) is 1. The maximum absolute atomic E-state index is 14.3. The molecule has 0 unspecified atom stereocenters. The Bertz CT molecular complexity index is 1730. The minimum absolute atomic E-state index is 0.0256. The largest absolute Gasteiger partial charge is 0.459 e. The second-order valence-corrected chi connectivity index (χ2v) is 13.1. The van der Waals surface area contributed by atoms with E-state index >= 15 is 0 Å². The maximum atomic E-state index is 14.3. The second kappa shape index (κ2) is 16.3. The van der Waals surface area contributed by atoms with E-state index in [1.54, 1.807) is 15.7 Å². The number of anilines is 1. The minimum atomic E-state index is -0.812. The Morgan fingerprint density at radius 3 is 2.25 bits per heavy atom. The topological polar surface area (TPSA) is 137 Å². The summed E-state index contributed by atoms with van der Waals surface area (Å²) in [4.78, 5) is 45.7. The van der Waals surface area contributed by atoms with Crippen LogP contribution in [0.4, 0.5) is 5.69 Å². The molecule has 274 valence electrons. The lowest BCUT2D eigenvalue weighted by Gasteiger charge is -2.44. The number of nitrogens with zero attached hydrogens (tertiary/aromatic N) is 4. The van der Waals surface area contributed by atoms with Gasteiger partial charge in [-0.2, -0.15) is 0 Å². The molecule has 2 fully saturated rings. The number of allylic oxidation sites excluding steroid dienone is 1. The van der Waals surface area contributed by atoms with Crippen LogP contribution in [-0.2, 0) is 35.6 Å². The van der Waals surface area contributed by atoms with E-state index in [0.717, 1.165) is 17.1 Å². The normalized spacial score (nSPS) is 21.5. The quantitative estimate of drug-likeness (QED) is 0.243. The van der Waals surface area contributed by atoms with Gasteiger partial charge in [0.1, 0.15) is 5.54 Å². The average molecular weight is 704 g/mol. The van der Waals surface area contributed by atoms with Gasteiger partial charge in [-0.05, 0) is 63.5 Å². The predicted molar refractivity (Wildman–Crippen MR) is 190 cm³/mol. The van der Waals surface area contributed by atoms with Crippen molar-refractivity contribution in [2.75, 3.05) is 64.3 Å². The van der Waals surface area contributed by atoms with E-state index in [9.17, 15) is 14.4 Å². The molecule has 3 aliphatic rings. The lowest BCUT2D eigenvalue weighted by molar-refractivity contribution is -0.172. The molecule has 51 heavy (non-hydrogen) atoms. The highest BCUT2D eigenvalue weighted by Crippen LogP contribution is 2.41. The second-order valence-electron chi connectivity index (χ2n) is 13.1. The number of amides is 2. The molecule has 3 aliphatic heterocycles. The molecular formula is C38H49N5O8. The monoisotopic (exact) mass is 703 g/mol. The molecule has 2 amide bonds. The summed E-state index contributed by atoms with van der Waals surface area (Å²) in [6.07, 6.45) is 2.39. The van der Waals surface area contributed by atoms with Crippen LogP contribution in [-0.4, -0.2) is 102 Å². The molecule has 3 atom stereocenters. The first kappa shape index (κ1) is 36.4. The number of rotatable bonds is 14. The molecular weight excluding hydrogens is 654 g/mol. The van der Waals surface area contributed by atoms with Gasteiger partial charge >= 0.3 is 0 Å². The van der Waals surface area contributed by atoms with Crippen LogP contribution < -0.4 is 15.8 Å². The van der Waals surface area contributed by atoms with E-state index < -0.39 is 17.7 Å². The summed E-state index contributed by atoms with van der Waals surface area (Å²) in [7, 11) is 1.86. The van der Waals surface area contributed by atoms with Crippen molar-refractivity contribution in [1.29, 1.82) is 0 Å². The molecule has 2 N–H and O–H groups in total. The molecule has 4 heterocycles. The van der Waals surface area contributed by atoms with Crippen LogP contribution in [0.5, 0.6) is 0 Å². The van der Waals surface area contributed by atoms with Crippen LogP contribution in [0, 0.1) is 12.8 Å². The average Bonchev–Trinajstić information content (AvgIpc) is 3.58. The first-order valence-corrected chi connectivity index (χ1v) is 17.8. The molecule has 3 aromatic rings. The molecule has 2 saturated heterocycles. The van der Waals surface area contributed by atoms with E-state index in [1.807, 2.05) is 86.2 Å². The highest BCUT2D eigenvalue weighted by Gasteiger charge is 2.51. The van der Waals surface area contributed by atoms with Crippen LogP contribution in [0.15, 0.2) is 77.3 Å². The number of aromatic nitrogens is 2. The fourth-order valence-corrected chi connectivity index (χ4v) is 7.61. The number of carbonyl (C=O) groups is 2. The van der Waals surface area contributed by atoms with Crippen LogP contribution in [0.1, 0.15) is 43.4 Å². The molecule has 1 aromatic heterocycles. The number of carbonyl (C=O) groups excluding carboxylic acids is 2. The van der Waals surface area contributed by atoms with E-state index in [-0.39, 0.29) is 42.3 Å². The maximum Gasteiger partial charge on any atom is 0.288 e. The Kier molecular flexibility index (Phi) is 11.6. The number of para-hydroxylation sites is 2. The lowest BCUT2D eigenvalue weighted by atomic mass is 9.81. The van der Waals surface area contributed by atoms with Crippen LogP contribution in [0.25, 0.3) is 5.69 Å². The van der Waals surface area contributed by atoms with Crippen LogP contribution in [0.2, 0.25) is 0 Å². The highest BCUT2D eigenvalue weighted by atomic mass is 16.7. The first-order chi connectivity index (χ1) is 24.8. The molecule has 1 spiro atoms. The van der Waals surface area contributed by atoms with Crippen molar-refractivity contribution in [2.45, 2.75) is 50.9 Å². The zero-order chi connectivity index (χ0) is 36.0. The summed E-state index contributed by atoms with van der Waals surface area (Å²) < 4.78 is 27.2. The Labute approximate surface area is 298 Å². The van der Waals surface area contributed by atoms with E-state index in [0.29, 0.717) is 71.0 Å². The lowest BCUT2D eigenvalue weighted by Crippen LogP contribution is -2.57. The number of benzene rings is 2. The van der Waals surface area contributed by atoms with E-state index in [4.69, 9.17) is 24.1 Å². The van der Waals surface area contributed by atoms with Gasteiger partial charge in [-0.3, -0.25) is 19.1 Å². The summed E-state index contributed by atoms with van der Waals surface area (Å²) in [6, 6.07) is 19.3. The minimum Gasteiger partial charge on any atom is -0.459 e. The van der Waals surface area contributed by atoms with Crippen LogP contribution in [0.3, 0.4) is 0 Å². The first-order valence-electron chi connectivity index (χ1n) is 17.8. The number of aliphatic hydroxyl groups excluding tert-OH is 1. The Morgan fingerprint density at radius 2 is 1.61 bits per heavy atom. The Hall–Kier alpha value is -4.43. The third-order valence-corrected chi connectivity index (χ3v) is 10.3. The number of ether oxygens (including phenoxy) is 4. The molecule has 0 saturated carbocycles. The molecule has 0 aliphatic carbocycles. The van der Waals surface area contributed by atoms with Gasteiger partial charge in [-0.1, -0.05) is 36.4 Å². The smallest absolute Gasteiger partial charge is 0.288 e. The number of nitrogens with one attached hydrogen (secondary N) is 1. The van der Waals surface area contributed by atoms with Gasteiger partial charge in [-0.25, -0.2) is 4.68 Å². The molecule has 0 radical (unpaired) electrons. The number of piperidine rings is 1. The number of hydrogen-bond acceptors (Lipinski definition) is 9. The van der Waals surface area contributed by atoms with Crippen molar-refractivity contribution in [2.24, 2.45) is 13.0 Å². The van der Waals surface area contributed by atoms with Gasteiger partial charge in [0.05, 0.1) is 38.8 Å². The van der Waals surface area contributed by atoms with Gasteiger partial charge < -0.3 is 39.2 Å². The summed E-state index contributed by atoms with van der Waals surface area (Å²) in [5.41, 5.74) is 2.11. The van der Waals surface area contributed by atoms with Gasteiger partial charge in [-0.15, -0.1) is 0 Å². The SMILES string of the molecule is CCO[C@@H]1OC(C(=O)N2CCC3(CC2)C(=O)NCN3c2ccccc2)=C[C@H](c2c(C)n(C)n(-c3ccccc3)c2=O)[C@@H]1CCOCCOCCO. The summed E-state index contributed by atoms with van der Waals surface area (Å²) in [5, 5.41) is 12.0. The third kappa shape index (κ3) is 7.34. The fourth-order valence-electron chi connectivity index (χ4n) is 7.61. The van der Waals surface area contributed by atoms with Crippen LogP contribution >= 0.6 is 0 Å². The standard InChI is InChI=1S/C38H49N5O8/c1-4-50-36-30(15-21-48-23-24-49-22-20-44)31(33-27(2)40(3)43(35(33)46)29-13-9-6-10-14-29)25-32(51-36)34(45)41-18-16-38(17-19-41)37(47)39-26-42(38)28-11-7-5-8-12-28/h5-14,25,30-31,36,44H,4,15-24,26H2,1-3H3,(H,39,47)/t30-,31-,36+/m0/s1. The van der Waals surface area contributed by atoms with E-state index in [1.165, 1.54) is 0 Å². The molecule has 13 heteroatoms. The van der Waals surface area contributed by atoms with Crippen molar-refractivity contribution in [1.82, 2.24) is 19.6 Å². The highest BCUT2D eigenvalue weighted by molar-refractivity contribution is 5.95. The zero-order valence-electron chi connectivity index (χ0n) is 29.7. The van der Waals surface area contributed by atoms with Gasteiger partial charge in [0.15, 0.2) is 5.76 Å². The zero-order valence-corrected chi connectivity index (χ0v) is 29.7. The van der Waals surface area contributed by atoms with Gasteiger partial charge in [0, 0.05) is 62.1 Å². The number of aliphatic hydroxyl groups is 1. The summed E-state index contributed by atoms with van der Waals surface area (Å²) in [6.45, 7) is 6.49. The number of hydrogen-bond donors (Lipinski definition) is 2. The van der Waals surface area contributed by atoms with Crippen molar-refractivity contribution in [3.63, 3.8) is 0 Å². The van der Waals surface area contributed by atoms with E-state index in [2.05, 4.69) is 10.2 Å². The van der Waals surface area contributed by atoms with Gasteiger partial charge in [0.2, 0.25) is 12.2 Å². The molecule has 6 rings (SSSR count). The Morgan fingerprint density at radius 1 is 0.961 bits per heavy atom. The predicted octanol–water partition coefficient (Wildman–Crippen LogP) is 2.83. The Balaban J connectivity index is 1.29. The van der Waals surface area contributed by atoms with Gasteiger partial charge in [0.25, 0.3) is 11.5 Å². The molecule has 2 aromatic carbocycles. The third-order valence-electron chi connectivity index (χ3n) is 10.3. The molecule has 13 nitrogen and oxygen atoms in total. The van der Waals surface area contributed by atoms with Crippen molar-refractivity contribution in [3.05, 3.63) is 94.1 Å².